The summed E-state index contributed by atoms with van der Waals surface area (Å²) in [4.78, 5) is 32.4. The normalized spacial score (nSPS) is 13.0. The lowest BCUT2D eigenvalue weighted by Crippen LogP contribution is -2.42. The van der Waals surface area contributed by atoms with E-state index in [1.165, 1.54) is 31.2 Å². The Morgan fingerprint density at radius 1 is 1.43 bits per heavy atom. The van der Waals surface area contributed by atoms with Crippen molar-refractivity contribution in [2.75, 3.05) is 6.61 Å². The van der Waals surface area contributed by atoms with Gasteiger partial charge in [0.15, 0.2) is 6.61 Å². The first-order chi connectivity index (χ1) is 9.81. The predicted molar refractivity (Wildman–Crippen MR) is 73.0 cm³/mol. The van der Waals surface area contributed by atoms with Crippen LogP contribution in [0.1, 0.15) is 13.8 Å². The fraction of sp³-hybridized carbons (Fsp3) is 0.385. The van der Waals surface area contributed by atoms with Crippen LogP contribution in [0.5, 0.6) is 5.75 Å². The van der Waals surface area contributed by atoms with Crippen molar-refractivity contribution in [3.8, 4) is 5.75 Å². The number of nitrogens with zero attached hydrogens (tertiary/aromatic N) is 1. The van der Waals surface area contributed by atoms with Crippen LogP contribution in [-0.4, -0.2) is 34.6 Å². The highest BCUT2D eigenvalue weighted by Crippen LogP contribution is 2.18. The van der Waals surface area contributed by atoms with Gasteiger partial charge in [0.05, 0.1) is 16.9 Å². The number of aliphatic carboxylic acids is 1. The minimum Gasteiger partial charge on any atom is -0.484 e. The smallest absolute Gasteiger partial charge is 0.308 e. The molecule has 0 heterocycles. The Balaban J connectivity index is 2.51. The monoisotopic (exact) mass is 296 g/mol. The molecule has 2 N–H and O–H groups in total. The first-order valence-electron chi connectivity index (χ1n) is 6.20. The molecule has 0 saturated carbocycles. The van der Waals surface area contributed by atoms with Gasteiger partial charge < -0.3 is 15.2 Å². The van der Waals surface area contributed by atoms with E-state index in [-0.39, 0.29) is 18.0 Å². The number of ether oxygens (including phenoxy) is 1. The molecule has 8 nitrogen and oxygen atoms in total. The van der Waals surface area contributed by atoms with Crippen molar-refractivity contribution in [2.24, 2.45) is 5.92 Å². The standard InChI is InChI=1S/C13H16N2O6/c1-8(13(17)18)9(2)14-12(16)7-21-11-5-3-4-10(6-11)15(19)20/h3-6,8-9H,7H2,1-2H3,(H,14,16)(H,17,18). The first kappa shape index (κ1) is 16.4. The van der Waals surface area contributed by atoms with E-state index < -0.39 is 28.8 Å². The molecule has 0 fully saturated rings. The van der Waals surface area contributed by atoms with Gasteiger partial charge in [0.1, 0.15) is 5.75 Å². The molecule has 0 aliphatic heterocycles. The van der Waals surface area contributed by atoms with Gasteiger partial charge in [-0.3, -0.25) is 19.7 Å². The van der Waals surface area contributed by atoms with Gasteiger partial charge in [0.25, 0.3) is 11.6 Å². The van der Waals surface area contributed by atoms with Gasteiger partial charge in [-0.2, -0.15) is 0 Å². The Hall–Kier alpha value is -2.64. The number of carbonyl (C=O) groups excluding carboxylic acids is 1. The SMILES string of the molecule is CC(NC(=O)COc1cccc([N+](=O)[O-])c1)C(C)C(=O)O. The van der Waals surface area contributed by atoms with Gasteiger partial charge >= 0.3 is 5.97 Å². The van der Waals surface area contributed by atoms with Crippen LogP contribution in [0.15, 0.2) is 24.3 Å². The molecule has 2 unspecified atom stereocenters. The molecule has 0 aliphatic carbocycles. The van der Waals surface area contributed by atoms with Crippen molar-refractivity contribution in [1.29, 1.82) is 0 Å². The highest BCUT2D eigenvalue weighted by Gasteiger charge is 2.21. The van der Waals surface area contributed by atoms with E-state index in [0.29, 0.717) is 0 Å². The van der Waals surface area contributed by atoms with E-state index in [4.69, 9.17) is 9.84 Å². The Labute approximate surface area is 120 Å². The molecule has 0 bridgehead atoms. The minimum atomic E-state index is -1.01. The van der Waals surface area contributed by atoms with E-state index in [0.717, 1.165) is 0 Å². The molecule has 1 aromatic carbocycles. The summed E-state index contributed by atoms with van der Waals surface area (Å²) < 4.78 is 5.14. The second-order valence-electron chi connectivity index (χ2n) is 4.53. The summed E-state index contributed by atoms with van der Waals surface area (Å²) in [6, 6.07) is 4.90. The summed E-state index contributed by atoms with van der Waals surface area (Å²) in [5, 5.41) is 21.9. The van der Waals surface area contributed by atoms with Crippen molar-refractivity contribution < 1.29 is 24.4 Å². The van der Waals surface area contributed by atoms with Gasteiger partial charge in [0.2, 0.25) is 0 Å². The van der Waals surface area contributed by atoms with Gasteiger partial charge in [-0.1, -0.05) is 6.07 Å². The number of carboxylic acids is 1. The van der Waals surface area contributed by atoms with E-state index >= 15 is 0 Å². The Bertz CT molecular complexity index is 545. The fourth-order valence-corrected chi connectivity index (χ4v) is 1.47. The first-order valence-corrected chi connectivity index (χ1v) is 6.20. The summed E-state index contributed by atoms with van der Waals surface area (Å²) in [5.41, 5.74) is -0.138. The maximum Gasteiger partial charge on any atom is 0.308 e. The molecule has 0 aliphatic rings. The maximum absolute atomic E-state index is 11.6. The van der Waals surface area contributed by atoms with E-state index in [1.54, 1.807) is 6.92 Å². The van der Waals surface area contributed by atoms with Crippen LogP contribution in [0, 0.1) is 16.0 Å². The quantitative estimate of drug-likeness (QED) is 0.576. The molecule has 1 amide bonds. The van der Waals surface area contributed by atoms with E-state index in [1.807, 2.05) is 0 Å². The number of nitro benzene ring substituents is 1. The van der Waals surface area contributed by atoms with E-state index in [2.05, 4.69) is 5.32 Å². The lowest BCUT2D eigenvalue weighted by atomic mass is 10.0. The number of nitro groups is 1. The number of rotatable bonds is 7. The maximum atomic E-state index is 11.6. The Morgan fingerprint density at radius 2 is 2.10 bits per heavy atom. The van der Waals surface area contributed by atoms with E-state index in [9.17, 15) is 19.7 Å². The average molecular weight is 296 g/mol. The van der Waals surface area contributed by atoms with Crippen LogP contribution in [0.2, 0.25) is 0 Å². The topological polar surface area (TPSA) is 119 Å². The zero-order valence-corrected chi connectivity index (χ0v) is 11.6. The third-order valence-electron chi connectivity index (χ3n) is 2.93. The van der Waals surface area contributed by atoms with Crippen molar-refractivity contribution >= 4 is 17.6 Å². The molecule has 21 heavy (non-hydrogen) atoms. The third-order valence-corrected chi connectivity index (χ3v) is 2.93. The third kappa shape index (κ3) is 5.09. The lowest BCUT2D eigenvalue weighted by molar-refractivity contribution is -0.384. The van der Waals surface area contributed by atoms with Gasteiger partial charge in [0, 0.05) is 12.1 Å². The molecule has 0 spiro atoms. The molecule has 0 radical (unpaired) electrons. The lowest BCUT2D eigenvalue weighted by Gasteiger charge is -2.17. The highest BCUT2D eigenvalue weighted by atomic mass is 16.6. The molecule has 0 saturated heterocycles. The average Bonchev–Trinajstić information content (AvgIpc) is 2.44. The predicted octanol–water partition coefficient (Wildman–Crippen LogP) is 1.20. The van der Waals surface area contributed by atoms with Crippen molar-refractivity contribution in [3.05, 3.63) is 34.4 Å². The van der Waals surface area contributed by atoms with Crippen molar-refractivity contribution in [1.82, 2.24) is 5.32 Å². The Morgan fingerprint density at radius 3 is 2.67 bits per heavy atom. The molecule has 1 rings (SSSR count). The van der Waals surface area contributed by atoms with Crippen LogP contribution in [0.4, 0.5) is 5.69 Å². The number of non-ortho nitro benzene ring substituents is 1. The van der Waals surface area contributed by atoms with Crippen LogP contribution in [0.3, 0.4) is 0 Å². The molecule has 114 valence electrons. The molecule has 0 aromatic heterocycles. The van der Waals surface area contributed by atoms with Gasteiger partial charge in [-0.05, 0) is 19.9 Å². The molecular weight excluding hydrogens is 280 g/mol. The number of hydrogen-bond acceptors (Lipinski definition) is 5. The van der Waals surface area contributed by atoms with Crippen LogP contribution in [-0.2, 0) is 9.59 Å². The Kier molecular flexibility index (Phi) is 5.65. The summed E-state index contributed by atoms with van der Waals surface area (Å²) in [6.45, 7) is 2.70. The van der Waals surface area contributed by atoms with Crippen molar-refractivity contribution in [2.45, 2.75) is 19.9 Å². The van der Waals surface area contributed by atoms with Crippen LogP contribution in [0.25, 0.3) is 0 Å². The summed E-state index contributed by atoms with van der Waals surface area (Å²) >= 11 is 0. The second kappa shape index (κ2) is 7.22. The molecule has 8 heteroatoms. The van der Waals surface area contributed by atoms with Gasteiger partial charge in [-0.15, -0.1) is 0 Å². The highest BCUT2D eigenvalue weighted by molar-refractivity contribution is 5.79. The number of benzene rings is 1. The molecular formula is C13H16N2O6. The zero-order valence-electron chi connectivity index (χ0n) is 11.6. The van der Waals surface area contributed by atoms with Gasteiger partial charge in [-0.25, -0.2) is 0 Å². The summed E-state index contributed by atoms with van der Waals surface area (Å²) in [6.07, 6.45) is 0. The molecule has 1 aromatic rings. The number of carboxylic acid groups (broad SMARTS) is 1. The molecule has 2 atom stereocenters. The number of amides is 1. The van der Waals surface area contributed by atoms with Crippen molar-refractivity contribution in [3.63, 3.8) is 0 Å². The largest absolute Gasteiger partial charge is 0.484 e. The fourth-order valence-electron chi connectivity index (χ4n) is 1.47. The number of nitrogens with one attached hydrogen (secondary N) is 1. The number of hydrogen-bond donors (Lipinski definition) is 2. The zero-order chi connectivity index (χ0) is 16.0. The minimum absolute atomic E-state index is 0.138. The second-order valence-corrected chi connectivity index (χ2v) is 4.53. The summed E-state index contributed by atoms with van der Waals surface area (Å²) in [7, 11) is 0. The summed E-state index contributed by atoms with van der Waals surface area (Å²) in [5.74, 6) is -2.05. The van der Waals surface area contributed by atoms with Crippen LogP contribution >= 0.6 is 0 Å². The number of carbonyl (C=O) groups is 2. The van der Waals surface area contributed by atoms with Crippen LogP contribution < -0.4 is 10.1 Å².